The second kappa shape index (κ2) is 7.46. The molecule has 0 aromatic heterocycles. The molecule has 106 valence electrons. The van der Waals surface area contributed by atoms with Crippen molar-refractivity contribution in [2.24, 2.45) is 0 Å². The van der Waals surface area contributed by atoms with Gasteiger partial charge in [0.05, 0.1) is 0 Å². The van der Waals surface area contributed by atoms with Crippen molar-refractivity contribution in [2.75, 3.05) is 39.8 Å². The number of hydrogen-bond donors (Lipinski definition) is 1. The van der Waals surface area contributed by atoms with Crippen LogP contribution in [0.3, 0.4) is 0 Å². The van der Waals surface area contributed by atoms with Gasteiger partial charge in [-0.25, -0.2) is 0 Å². The lowest BCUT2D eigenvalue weighted by molar-refractivity contribution is 0.136. The monoisotopic (exact) mass is 253 g/mol. The third kappa shape index (κ3) is 3.94. The Morgan fingerprint density at radius 3 is 2.67 bits per heavy atom. The molecule has 2 aliphatic heterocycles. The van der Waals surface area contributed by atoms with E-state index in [1.807, 2.05) is 0 Å². The molecular weight excluding hydrogens is 222 g/mol. The molecule has 2 fully saturated rings. The smallest absolute Gasteiger partial charge is 0.0220 e. The summed E-state index contributed by atoms with van der Waals surface area (Å²) in [6.07, 6.45) is 8.15. The van der Waals surface area contributed by atoms with Crippen molar-refractivity contribution in [1.29, 1.82) is 0 Å². The highest BCUT2D eigenvalue weighted by molar-refractivity contribution is 4.84. The van der Waals surface area contributed by atoms with Gasteiger partial charge in [-0.05, 0) is 58.9 Å². The largest absolute Gasteiger partial charge is 0.317 e. The van der Waals surface area contributed by atoms with Gasteiger partial charge in [-0.3, -0.25) is 4.90 Å². The molecule has 18 heavy (non-hydrogen) atoms. The van der Waals surface area contributed by atoms with E-state index in [9.17, 15) is 0 Å². The number of rotatable bonds is 4. The molecule has 1 atom stereocenters. The van der Waals surface area contributed by atoms with Crippen LogP contribution in [0.15, 0.2) is 0 Å². The SMILES string of the molecule is CCCCC1CN(C2CCNCC2)CCCN1C. The lowest BCUT2D eigenvalue weighted by Crippen LogP contribution is -2.47. The van der Waals surface area contributed by atoms with Gasteiger partial charge in [0.1, 0.15) is 0 Å². The van der Waals surface area contributed by atoms with Crippen LogP contribution in [0, 0.1) is 0 Å². The van der Waals surface area contributed by atoms with Gasteiger partial charge in [-0.15, -0.1) is 0 Å². The van der Waals surface area contributed by atoms with Gasteiger partial charge >= 0.3 is 0 Å². The van der Waals surface area contributed by atoms with E-state index < -0.39 is 0 Å². The third-order valence-corrected chi connectivity index (χ3v) is 4.74. The van der Waals surface area contributed by atoms with Crippen molar-refractivity contribution < 1.29 is 0 Å². The Labute approximate surface area is 113 Å². The fraction of sp³-hybridized carbons (Fsp3) is 1.00. The molecule has 0 spiro atoms. The van der Waals surface area contributed by atoms with Crippen LogP contribution in [-0.2, 0) is 0 Å². The van der Waals surface area contributed by atoms with E-state index in [4.69, 9.17) is 0 Å². The number of nitrogens with zero attached hydrogens (tertiary/aromatic N) is 2. The maximum atomic E-state index is 3.49. The second-order valence-electron chi connectivity index (χ2n) is 6.11. The first-order valence-corrected chi connectivity index (χ1v) is 7.96. The molecule has 2 saturated heterocycles. The maximum Gasteiger partial charge on any atom is 0.0220 e. The van der Waals surface area contributed by atoms with Gasteiger partial charge < -0.3 is 10.2 Å². The van der Waals surface area contributed by atoms with Gasteiger partial charge in [0.25, 0.3) is 0 Å². The molecule has 2 heterocycles. The lowest BCUT2D eigenvalue weighted by Gasteiger charge is -2.36. The molecule has 3 heteroatoms. The Morgan fingerprint density at radius 2 is 1.94 bits per heavy atom. The van der Waals surface area contributed by atoms with Crippen LogP contribution in [0.5, 0.6) is 0 Å². The molecule has 0 bridgehead atoms. The minimum absolute atomic E-state index is 0.794. The Bertz CT molecular complexity index is 226. The first-order chi connectivity index (χ1) is 8.81. The van der Waals surface area contributed by atoms with E-state index in [2.05, 4.69) is 29.1 Å². The first kappa shape index (κ1) is 14.3. The van der Waals surface area contributed by atoms with Crippen LogP contribution >= 0.6 is 0 Å². The summed E-state index contributed by atoms with van der Waals surface area (Å²) >= 11 is 0. The Kier molecular flexibility index (Phi) is 5.93. The molecule has 2 aliphatic rings. The van der Waals surface area contributed by atoms with Crippen LogP contribution in [0.4, 0.5) is 0 Å². The van der Waals surface area contributed by atoms with E-state index in [0.717, 1.165) is 12.1 Å². The summed E-state index contributed by atoms with van der Waals surface area (Å²) in [6.45, 7) is 8.66. The molecule has 2 rings (SSSR count). The average molecular weight is 253 g/mol. The van der Waals surface area contributed by atoms with Gasteiger partial charge in [0, 0.05) is 18.6 Å². The van der Waals surface area contributed by atoms with E-state index in [1.165, 1.54) is 71.2 Å². The average Bonchev–Trinajstić information content (AvgIpc) is 2.60. The van der Waals surface area contributed by atoms with Gasteiger partial charge in [-0.1, -0.05) is 19.8 Å². The topological polar surface area (TPSA) is 18.5 Å². The standard InChI is InChI=1S/C15H31N3/c1-3-4-6-15-13-18(12-5-11-17(15)2)14-7-9-16-10-8-14/h14-16H,3-13H2,1-2H3. The second-order valence-corrected chi connectivity index (χ2v) is 6.11. The van der Waals surface area contributed by atoms with E-state index in [0.29, 0.717) is 0 Å². The van der Waals surface area contributed by atoms with Crippen molar-refractivity contribution in [2.45, 2.75) is 57.5 Å². The highest BCUT2D eigenvalue weighted by Gasteiger charge is 2.27. The zero-order chi connectivity index (χ0) is 12.8. The summed E-state index contributed by atoms with van der Waals surface area (Å²) in [6, 6.07) is 1.64. The Morgan fingerprint density at radius 1 is 1.17 bits per heavy atom. The number of likely N-dealkylation sites (N-methyl/N-ethyl adjacent to an activating group) is 1. The first-order valence-electron chi connectivity index (χ1n) is 7.96. The molecule has 0 saturated carbocycles. The fourth-order valence-corrected chi connectivity index (χ4v) is 3.46. The highest BCUT2D eigenvalue weighted by atomic mass is 15.2. The quantitative estimate of drug-likeness (QED) is 0.826. The van der Waals surface area contributed by atoms with Crippen molar-refractivity contribution in [1.82, 2.24) is 15.1 Å². The van der Waals surface area contributed by atoms with Crippen LogP contribution in [0.2, 0.25) is 0 Å². The summed E-state index contributed by atoms with van der Waals surface area (Å²) in [5, 5.41) is 3.49. The predicted molar refractivity (Wildman–Crippen MR) is 78.0 cm³/mol. The van der Waals surface area contributed by atoms with Crippen LogP contribution in [-0.4, -0.2) is 61.7 Å². The molecule has 1 unspecified atom stereocenters. The molecule has 0 aromatic rings. The number of unbranched alkanes of at least 4 members (excludes halogenated alkanes) is 1. The van der Waals surface area contributed by atoms with Crippen molar-refractivity contribution >= 4 is 0 Å². The molecule has 1 N–H and O–H groups in total. The highest BCUT2D eigenvalue weighted by Crippen LogP contribution is 2.19. The van der Waals surface area contributed by atoms with Gasteiger partial charge in [0.2, 0.25) is 0 Å². The van der Waals surface area contributed by atoms with Gasteiger partial charge in [-0.2, -0.15) is 0 Å². The van der Waals surface area contributed by atoms with Gasteiger partial charge in [0.15, 0.2) is 0 Å². The molecule has 3 nitrogen and oxygen atoms in total. The maximum absolute atomic E-state index is 3.49. The van der Waals surface area contributed by atoms with Crippen LogP contribution in [0.25, 0.3) is 0 Å². The van der Waals surface area contributed by atoms with Crippen molar-refractivity contribution in [3.05, 3.63) is 0 Å². The summed E-state index contributed by atoms with van der Waals surface area (Å²) in [5.74, 6) is 0. The molecule has 0 amide bonds. The molecular formula is C15H31N3. The number of hydrogen-bond acceptors (Lipinski definition) is 3. The zero-order valence-corrected chi connectivity index (χ0v) is 12.3. The third-order valence-electron chi connectivity index (χ3n) is 4.74. The molecule has 0 aliphatic carbocycles. The molecule has 0 radical (unpaired) electrons. The van der Waals surface area contributed by atoms with Crippen LogP contribution in [0.1, 0.15) is 45.4 Å². The lowest BCUT2D eigenvalue weighted by atomic mass is 10.0. The van der Waals surface area contributed by atoms with Crippen LogP contribution < -0.4 is 5.32 Å². The Balaban J connectivity index is 1.89. The number of piperidine rings is 1. The van der Waals surface area contributed by atoms with E-state index in [-0.39, 0.29) is 0 Å². The van der Waals surface area contributed by atoms with E-state index in [1.54, 1.807) is 0 Å². The summed E-state index contributed by atoms with van der Waals surface area (Å²) < 4.78 is 0. The predicted octanol–water partition coefficient (Wildman–Crippen LogP) is 1.93. The van der Waals surface area contributed by atoms with E-state index >= 15 is 0 Å². The number of nitrogens with one attached hydrogen (secondary N) is 1. The normalized spacial score (nSPS) is 29.3. The fourth-order valence-electron chi connectivity index (χ4n) is 3.46. The minimum atomic E-state index is 0.794. The zero-order valence-electron chi connectivity index (χ0n) is 12.3. The summed E-state index contributed by atoms with van der Waals surface area (Å²) in [7, 11) is 2.33. The minimum Gasteiger partial charge on any atom is -0.317 e. The van der Waals surface area contributed by atoms with Crippen molar-refractivity contribution in [3.63, 3.8) is 0 Å². The summed E-state index contributed by atoms with van der Waals surface area (Å²) in [4.78, 5) is 5.40. The Hall–Kier alpha value is -0.120. The van der Waals surface area contributed by atoms with Crippen molar-refractivity contribution in [3.8, 4) is 0 Å². The molecule has 0 aromatic carbocycles. The summed E-state index contributed by atoms with van der Waals surface area (Å²) in [5.41, 5.74) is 0.